The molecule has 2 aromatic rings. The molecule has 0 spiro atoms. The van der Waals surface area contributed by atoms with Crippen molar-refractivity contribution in [1.29, 1.82) is 0 Å². The van der Waals surface area contributed by atoms with Gasteiger partial charge >= 0.3 is 0 Å². The Labute approximate surface area is 184 Å². The van der Waals surface area contributed by atoms with Gasteiger partial charge in [-0.25, -0.2) is 9.98 Å². The standard InChI is InChI=1S/C23H32N6O2/c1-3-24-23(27-19-5-6-20-21(16-19)31-14-4-13-30-20)26-17-18-7-8-25-22(15-18)29-11-9-28(2)10-12-29/h5-8,15-16H,3-4,9-14,17H2,1-2H3,(H2,24,26,27). The van der Waals surface area contributed by atoms with Crippen LogP contribution < -0.4 is 25.0 Å². The first-order valence-electron chi connectivity index (χ1n) is 11.0. The third-order valence-corrected chi connectivity index (χ3v) is 5.41. The van der Waals surface area contributed by atoms with Crippen molar-refractivity contribution in [2.45, 2.75) is 19.9 Å². The molecular formula is C23H32N6O2. The van der Waals surface area contributed by atoms with E-state index >= 15 is 0 Å². The Bertz CT molecular complexity index is 895. The highest BCUT2D eigenvalue weighted by Gasteiger charge is 2.15. The van der Waals surface area contributed by atoms with Crippen LogP contribution in [0.5, 0.6) is 11.5 Å². The fourth-order valence-electron chi connectivity index (χ4n) is 3.62. The minimum Gasteiger partial charge on any atom is -0.490 e. The number of aliphatic imine (C=N–C) groups is 1. The highest BCUT2D eigenvalue weighted by Crippen LogP contribution is 2.32. The molecule has 4 rings (SSSR count). The van der Waals surface area contributed by atoms with Gasteiger partial charge in [0.05, 0.1) is 19.8 Å². The van der Waals surface area contributed by atoms with Crippen molar-refractivity contribution in [2.24, 2.45) is 4.99 Å². The summed E-state index contributed by atoms with van der Waals surface area (Å²) in [6, 6.07) is 10.1. The molecule has 0 bridgehead atoms. The van der Waals surface area contributed by atoms with Crippen molar-refractivity contribution in [3.63, 3.8) is 0 Å². The predicted molar refractivity (Wildman–Crippen MR) is 124 cm³/mol. The second-order valence-corrected chi connectivity index (χ2v) is 7.84. The number of pyridine rings is 1. The summed E-state index contributed by atoms with van der Waals surface area (Å²) in [4.78, 5) is 14.0. The van der Waals surface area contributed by atoms with Crippen LogP contribution in [0.3, 0.4) is 0 Å². The topological polar surface area (TPSA) is 74.3 Å². The lowest BCUT2D eigenvalue weighted by Gasteiger charge is -2.33. The first-order valence-corrected chi connectivity index (χ1v) is 11.0. The molecule has 0 saturated carbocycles. The molecule has 0 radical (unpaired) electrons. The Morgan fingerprint density at radius 3 is 2.68 bits per heavy atom. The van der Waals surface area contributed by atoms with E-state index in [0.717, 1.165) is 73.7 Å². The first-order chi connectivity index (χ1) is 15.2. The van der Waals surface area contributed by atoms with Gasteiger partial charge in [0.25, 0.3) is 0 Å². The molecule has 0 atom stereocenters. The number of aromatic nitrogens is 1. The zero-order valence-electron chi connectivity index (χ0n) is 18.4. The van der Waals surface area contributed by atoms with Crippen molar-refractivity contribution in [3.05, 3.63) is 42.1 Å². The Balaban J connectivity index is 1.43. The lowest BCUT2D eigenvalue weighted by Crippen LogP contribution is -2.44. The SMILES string of the molecule is CCNC(=NCc1ccnc(N2CCN(C)CC2)c1)Nc1ccc2c(c1)OCCCO2. The van der Waals surface area contributed by atoms with E-state index in [4.69, 9.17) is 14.5 Å². The molecule has 1 fully saturated rings. The lowest BCUT2D eigenvalue weighted by atomic mass is 10.2. The summed E-state index contributed by atoms with van der Waals surface area (Å²) in [5.74, 6) is 3.32. The molecule has 2 aliphatic heterocycles. The van der Waals surface area contributed by atoms with Crippen LogP contribution in [-0.4, -0.2) is 68.8 Å². The summed E-state index contributed by atoms with van der Waals surface area (Å²) < 4.78 is 11.5. The molecule has 3 heterocycles. The van der Waals surface area contributed by atoms with Gasteiger partial charge in [-0.3, -0.25) is 0 Å². The van der Waals surface area contributed by atoms with Crippen molar-refractivity contribution < 1.29 is 9.47 Å². The van der Waals surface area contributed by atoms with E-state index in [0.29, 0.717) is 19.8 Å². The average molecular weight is 425 g/mol. The van der Waals surface area contributed by atoms with Crippen LogP contribution >= 0.6 is 0 Å². The van der Waals surface area contributed by atoms with Crippen molar-refractivity contribution in [2.75, 3.05) is 63.2 Å². The Morgan fingerprint density at radius 2 is 1.87 bits per heavy atom. The predicted octanol–water partition coefficient (Wildman–Crippen LogP) is 2.57. The number of nitrogens with one attached hydrogen (secondary N) is 2. The van der Waals surface area contributed by atoms with Gasteiger partial charge in [-0.1, -0.05) is 0 Å². The largest absolute Gasteiger partial charge is 0.490 e. The monoisotopic (exact) mass is 424 g/mol. The van der Waals surface area contributed by atoms with E-state index in [1.165, 1.54) is 0 Å². The summed E-state index contributed by atoms with van der Waals surface area (Å²) in [6.45, 7) is 8.90. The van der Waals surface area contributed by atoms with Crippen LogP contribution in [0, 0.1) is 0 Å². The van der Waals surface area contributed by atoms with E-state index in [2.05, 4.69) is 45.5 Å². The van der Waals surface area contributed by atoms with E-state index in [-0.39, 0.29) is 0 Å². The number of rotatable bonds is 5. The number of piperazine rings is 1. The second kappa shape index (κ2) is 10.3. The third kappa shape index (κ3) is 5.79. The molecule has 166 valence electrons. The van der Waals surface area contributed by atoms with Gasteiger partial charge in [0.15, 0.2) is 17.5 Å². The first kappa shape index (κ1) is 21.2. The molecule has 31 heavy (non-hydrogen) atoms. The van der Waals surface area contributed by atoms with Crippen molar-refractivity contribution in [1.82, 2.24) is 15.2 Å². The van der Waals surface area contributed by atoms with Crippen molar-refractivity contribution in [3.8, 4) is 11.5 Å². The Morgan fingerprint density at radius 1 is 1.06 bits per heavy atom. The zero-order chi connectivity index (χ0) is 21.5. The number of nitrogens with zero attached hydrogens (tertiary/aromatic N) is 4. The molecule has 0 unspecified atom stereocenters. The highest BCUT2D eigenvalue weighted by atomic mass is 16.5. The maximum absolute atomic E-state index is 5.80. The summed E-state index contributed by atoms with van der Waals surface area (Å²) >= 11 is 0. The molecule has 0 amide bonds. The number of hydrogen-bond acceptors (Lipinski definition) is 6. The average Bonchev–Trinajstić information content (AvgIpc) is 3.03. The molecule has 1 aromatic carbocycles. The normalized spacial score (nSPS) is 17.2. The number of likely N-dealkylation sites (N-methyl/N-ethyl adjacent to an activating group) is 1. The summed E-state index contributed by atoms with van der Waals surface area (Å²) in [5.41, 5.74) is 2.05. The van der Waals surface area contributed by atoms with Crippen LogP contribution in [0.25, 0.3) is 0 Å². The van der Waals surface area contributed by atoms with Gasteiger partial charge in [0.1, 0.15) is 5.82 Å². The van der Waals surface area contributed by atoms with Crippen LogP contribution in [0.4, 0.5) is 11.5 Å². The van der Waals surface area contributed by atoms with Crippen LogP contribution in [0.1, 0.15) is 18.9 Å². The number of anilines is 2. The van der Waals surface area contributed by atoms with Gasteiger partial charge in [0.2, 0.25) is 0 Å². The number of guanidine groups is 1. The van der Waals surface area contributed by atoms with Crippen LogP contribution in [0.2, 0.25) is 0 Å². The van der Waals surface area contributed by atoms with Gasteiger partial charge < -0.3 is 29.9 Å². The molecule has 8 nitrogen and oxygen atoms in total. The van der Waals surface area contributed by atoms with Gasteiger partial charge in [0, 0.05) is 57.1 Å². The second-order valence-electron chi connectivity index (χ2n) is 7.84. The van der Waals surface area contributed by atoms with E-state index < -0.39 is 0 Å². The summed E-state index contributed by atoms with van der Waals surface area (Å²) in [5, 5.41) is 6.69. The van der Waals surface area contributed by atoms with Gasteiger partial charge in [-0.15, -0.1) is 0 Å². The number of benzene rings is 1. The zero-order valence-corrected chi connectivity index (χ0v) is 18.4. The van der Waals surface area contributed by atoms with Crippen LogP contribution in [0.15, 0.2) is 41.5 Å². The molecule has 1 aromatic heterocycles. The summed E-state index contributed by atoms with van der Waals surface area (Å²) in [6.07, 6.45) is 2.77. The minimum absolute atomic E-state index is 0.573. The van der Waals surface area contributed by atoms with E-state index in [1.54, 1.807) is 0 Å². The highest BCUT2D eigenvalue weighted by molar-refractivity contribution is 5.93. The van der Waals surface area contributed by atoms with Crippen LogP contribution in [-0.2, 0) is 6.54 Å². The fourth-order valence-corrected chi connectivity index (χ4v) is 3.62. The molecule has 8 heteroatoms. The minimum atomic E-state index is 0.573. The van der Waals surface area contributed by atoms with E-state index in [9.17, 15) is 0 Å². The summed E-state index contributed by atoms with van der Waals surface area (Å²) in [7, 11) is 2.16. The molecule has 2 aliphatic rings. The Kier molecular flexibility index (Phi) is 7.09. The fraction of sp³-hybridized carbons (Fsp3) is 0.478. The molecule has 1 saturated heterocycles. The molecular weight excluding hydrogens is 392 g/mol. The van der Waals surface area contributed by atoms with Crippen molar-refractivity contribution >= 4 is 17.5 Å². The van der Waals surface area contributed by atoms with Gasteiger partial charge in [-0.2, -0.15) is 0 Å². The number of ether oxygens (including phenoxy) is 2. The third-order valence-electron chi connectivity index (χ3n) is 5.41. The molecule has 0 aliphatic carbocycles. The maximum atomic E-state index is 5.80. The Hall–Kier alpha value is -3.00. The quantitative estimate of drug-likeness (QED) is 0.564. The van der Waals surface area contributed by atoms with E-state index in [1.807, 2.05) is 30.5 Å². The number of hydrogen-bond donors (Lipinski definition) is 2. The number of fused-ring (bicyclic) bond motifs is 1. The lowest BCUT2D eigenvalue weighted by molar-refractivity contribution is 0.297. The van der Waals surface area contributed by atoms with Gasteiger partial charge in [-0.05, 0) is 43.8 Å². The smallest absolute Gasteiger partial charge is 0.196 e. The molecule has 2 N–H and O–H groups in total. The maximum Gasteiger partial charge on any atom is 0.196 e.